The number of carbonyl (C=O) groups is 1. The molecule has 1 aliphatic rings. The van der Waals surface area contributed by atoms with E-state index in [1.165, 1.54) is 5.56 Å². The minimum Gasteiger partial charge on any atom is -0.570 e. The predicted molar refractivity (Wildman–Crippen MR) is 132 cm³/mol. The summed E-state index contributed by atoms with van der Waals surface area (Å²) in [5.74, 6) is 1.74. The zero-order valence-corrected chi connectivity index (χ0v) is 20.4. The average molecular weight is 508 g/mol. The standard InChI is InChI=1S/C22H29N5O5S2/c23-19-20(22(29)25-3-7-28)34(30)26-21(19)24-4-10-33-14-17-12-16-2-1-15(11-18(16)32-17)13-27-5-8-31-9-6-27/h1-2,11-12,28H,3-10,13-14,23H2,(H,24,26)(H,25,29). The number of anilines is 1. The van der Waals surface area contributed by atoms with E-state index in [-0.39, 0.29) is 29.2 Å². The lowest BCUT2D eigenvalue weighted by atomic mass is 10.1. The van der Waals surface area contributed by atoms with Crippen LogP contribution in [0.25, 0.3) is 11.0 Å². The Morgan fingerprint density at radius 2 is 2.18 bits per heavy atom. The number of aromatic nitrogens is 1. The molecule has 0 aliphatic carbocycles. The molecule has 12 heteroatoms. The fraction of sp³-hybridized carbons (Fsp3) is 0.455. The summed E-state index contributed by atoms with van der Waals surface area (Å²) in [6, 6.07) is 8.42. The number of ether oxygens (including phenoxy) is 1. The van der Waals surface area contributed by atoms with Crippen molar-refractivity contribution in [1.29, 1.82) is 0 Å². The largest absolute Gasteiger partial charge is 0.570 e. The zero-order chi connectivity index (χ0) is 23.9. The van der Waals surface area contributed by atoms with Gasteiger partial charge in [-0.05, 0) is 17.7 Å². The molecule has 0 saturated carbocycles. The molecule has 0 spiro atoms. The molecule has 0 bridgehead atoms. The maximum Gasteiger partial charge on any atom is 0.308 e. The minimum atomic E-state index is -1.76. The third kappa shape index (κ3) is 6.20. The normalized spacial score (nSPS) is 15.8. The van der Waals surface area contributed by atoms with Crippen LogP contribution in [0.4, 0.5) is 5.69 Å². The number of nitrogens with two attached hydrogens (primary N) is 1. The summed E-state index contributed by atoms with van der Waals surface area (Å²) in [5, 5.41) is 12.3. The molecule has 3 aromatic rings. The van der Waals surface area contributed by atoms with E-state index in [4.69, 9.17) is 20.0 Å². The molecule has 4 rings (SSSR count). The van der Waals surface area contributed by atoms with E-state index in [2.05, 4.69) is 43.8 Å². The van der Waals surface area contributed by atoms with Gasteiger partial charge >= 0.3 is 5.91 Å². The number of thioether (sulfide) groups is 1. The van der Waals surface area contributed by atoms with Crippen molar-refractivity contribution in [3.8, 4) is 0 Å². The number of aromatic amines is 1. The summed E-state index contributed by atoms with van der Waals surface area (Å²) in [6.45, 7) is 4.67. The second-order valence-corrected chi connectivity index (χ2v) is 10.1. The highest BCUT2D eigenvalue weighted by atomic mass is 32.2. The summed E-state index contributed by atoms with van der Waals surface area (Å²) in [5.41, 5.74) is 8.40. The number of nitrogen functional groups attached to an aromatic ring is 1. The van der Waals surface area contributed by atoms with Crippen molar-refractivity contribution in [2.24, 2.45) is 4.99 Å². The van der Waals surface area contributed by atoms with Gasteiger partial charge in [-0.2, -0.15) is 16.1 Å². The summed E-state index contributed by atoms with van der Waals surface area (Å²) in [6.07, 6.45) is 0. The summed E-state index contributed by atoms with van der Waals surface area (Å²) >= 11 is 1.67. The van der Waals surface area contributed by atoms with E-state index in [1.54, 1.807) is 11.8 Å². The maximum atomic E-state index is 12.1. The van der Waals surface area contributed by atoms with E-state index in [0.717, 1.165) is 49.6 Å². The molecule has 1 aliphatic heterocycles. The molecule has 5 N–H and O–H groups in total. The average Bonchev–Trinajstić information content (AvgIpc) is 3.37. The molecule has 184 valence electrons. The van der Waals surface area contributed by atoms with Crippen molar-refractivity contribution in [3.63, 3.8) is 0 Å². The first-order valence-corrected chi connectivity index (χ1v) is 13.4. The number of benzene rings is 1. The Morgan fingerprint density at radius 1 is 1.35 bits per heavy atom. The number of carbonyl (C=O) groups excluding carboxylic acids is 1. The van der Waals surface area contributed by atoms with Crippen LogP contribution in [0.1, 0.15) is 21.0 Å². The lowest BCUT2D eigenvalue weighted by Crippen LogP contribution is -2.35. The van der Waals surface area contributed by atoms with Crippen molar-refractivity contribution >= 4 is 45.3 Å². The molecule has 1 aromatic carbocycles. The van der Waals surface area contributed by atoms with E-state index in [9.17, 15) is 9.35 Å². The van der Waals surface area contributed by atoms with Gasteiger partial charge in [-0.1, -0.05) is 12.1 Å². The van der Waals surface area contributed by atoms with Crippen molar-refractivity contribution in [2.75, 3.05) is 57.5 Å². The molecular formula is C22H29N5O5S2. The van der Waals surface area contributed by atoms with Crippen LogP contribution >= 0.6 is 22.7 Å². The molecule has 1 amide bonds. The minimum absolute atomic E-state index is 0.0601. The number of aliphatic hydroxyl groups excluding tert-OH is 1. The van der Waals surface area contributed by atoms with E-state index in [0.29, 0.717) is 18.1 Å². The molecule has 0 radical (unpaired) electrons. The molecular weight excluding hydrogens is 478 g/mol. The number of rotatable bonds is 10. The van der Waals surface area contributed by atoms with Crippen LogP contribution in [0, 0.1) is 0 Å². The Labute approximate surface area is 204 Å². The van der Waals surface area contributed by atoms with Gasteiger partial charge in [0.25, 0.3) is 4.88 Å². The van der Waals surface area contributed by atoms with Crippen molar-refractivity contribution in [2.45, 2.75) is 12.3 Å². The fourth-order valence-corrected chi connectivity index (χ4v) is 5.38. The van der Waals surface area contributed by atoms with E-state index < -0.39 is 16.9 Å². The summed E-state index contributed by atoms with van der Waals surface area (Å²) in [7, 11) is -1.76. The predicted octanol–water partition coefficient (Wildman–Crippen LogP) is 1.46. The first kappa shape index (κ1) is 24.8. The number of H-pyrrole nitrogens is 1. The van der Waals surface area contributed by atoms with E-state index >= 15 is 0 Å². The SMILES string of the molecule is Nc1c(C(=O)NCCO)[s+]([O-])[nH]c1=NCCSCc1cc2ccc(CN3CCOCC3)cc2o1. The quantitative estimate of drug-likeness (QED) is 0.238. The van der Waals surface area contributed by atoms with Crippen LogP contribution in [0.3, 0.4) is 0 Å². The van der Waals surface area contributed by atoms with Crippen LogP contribution in [0.2, 0.25) is 0 Å². The molecule has 34 heavy (non-hydrogen) atoms. The molecule has 1 fully saturated rings. The Morgan fingerprint density at radius 3 is 2.97 bits per heavy atom. The smallest absolute Gasteiger partial charge is 0.308 e. The third-order valence-corrected chi connectivity index (χ3v) is 7.49. The number of aliphatic hydroxyl groups is 1. The van der Waals surface area contributed by atoms with Crippen LogP contribution in [-0.4, -0.2) is 76.6 Å². The highest BCUT2D eigenvalue weighted by Crippen LogP contribution is 2.25. The number of nitrogens with zero attached hydrogens (tertiary/aromatic N) is 2. The van der Waals surface area contributed by atoms with Crippen LogP contribution in [0.15, 0.2) is 33.7 Å². The van der Waals surface area contributed by atoms with Gasteiger partial charge in [0.2, 0.25) is 0 Å². The summed E-state index contributed by atoms with van der Waals surface area (Å²) in [4.78, 5) is 18.7. The Kier molecular flexibility index (Phi) is 8.64. The Hall–Kier alpha value is -2.35. The summed E-state index contributed by atoms with van der Waals surface area (Å²) < 4.78 is 26.2. The molecule has 2 aromatic heterocycles. The molecule has 1 unspecified atom stereocenters. The van der Waals surface area contributed by atoms with Gasteiger partial charge in [-0.25, -0.2) is 0 Å². The molecule has 1 saturated heterocycles. The number of hydrogen-bond donors (Lipinski definition) is 4. The Bertz CT molecular complexity index is 1180. The van der Waals surface area contributed by atoms with Crippen LogP contribution < -0.4 is 16.5 Å². The fourth-order valence-electron chi connectivity index (χ4n) is 3.69. The van der Waals surface area contributed by atoms with E-state index in [1.807, 2.05) is 0 Å². The zero-order valence-electron chi connectivity index (χ0n) is 18.7. The molecule has 10 nitrogen and oxygen atoms in total. The number of nitrogens with one attached hydrogen (secondary N) is 2. The Balaban J connectivity index is 1.29. The maximum absolute atomic E-state index is 12.1. The molecule has 1 atom stereocenters. The van der Waals surface area contributed by atoms with Crippen molar-refractivity contribution in [3.05, 3.63) is 46.0 Å². The van der Waals surface area contributed by atoms with Gasteiger partial charge in [-0.15, -0.1) is 0 Å². The first-order valence-electron chi connectivity index (χ1n) is 11.1. The van der Waals surface area contributed by atoms with Crippen LogP contribution in [0.5, 0.6) is 0 Å². The second kappa shape index (κ2) is 11.9. The molecule has 3 heterocycles. The van der Waals surface area contributed by atoms with Gasteiger partial charge in [0.15, 0.2) is 5.49 Å². The monoisotopic (exact) mass is 507 g/mol. The number of furan rings is 1. The van der Waals surface area contributed by atoms with Gasteiger partial charge in [-0.3, -0.25) is 14.7 Å². The number of amides is 1. The number of fused-ring (bicyclic) bond motifs is 1. The van der Waals surface area contributed by atoms with Gasteiger partial charge in [0.05, 0.1) is 43.1 Å². The number of morpholine rings is 1. The first-order chi connectivity index (χ1) is 16.5. The van der Waals surface area contributed by atoms with Crippen molar-refractivity contribution in [1.82, 2.24) is 14.6 Å². The number of hydrogen-bond acceptors (Lipinski definition) is 9. The lowest BCUT2D eigenvalue weighted by molar-refractivity contribution is 0.0342. The highest BCUT2D eigenvalue weighted by Gasteiger charge is 2.23. The highest BCUT2D eigenvalue weighted by molar-refractivity contribution is 7.98. The van der Waals surface area contributed by atoms with Gasteiger partial charge < -0.3 is 29.9 Å². The third-order valence-electron chi connectivity index (χ3n) is 5.37. The topological polar surface area (TPSA) is 152 Å². The lowest BCUT2D eigenvalue weighted by Gasteiger charge is -2.26. The van der Waals surface area contributed by atoms with Crippen LogP contribution in [-0.2, 0) is 17.0 Å². The van der Waals surface area contributed by atoms with Gasteiger partial charge in [0.1, 0.15) is 17.0 Å². The van der Waals surface area contributed by atoms with Gasteiger partial charge in [0, 0.05) is 37.3 Å². The second-order valence-electron chi connectivity index (χ2n) is 7.85. The van der Waals surface area contributed by atoms with Crippen molar-refractivity contribution < 1.29 is 23.6 Å².